The van der Waals surface area contributed by atoms with Gasteiger partial charge in [0.05, 0.1) is 12.0 Å². The van der Waals surface area contributed by atoms with E-state index in [1.54, 1.807) is 11.0 Å². The molecule has 1 aromatic carbocycles. The zero-order valence-electron chi connectivity index (χ0n) is 16.6. The number of hydrogen-bond acceptors (Lipinski definition) is 7. The van der Waals surface area contributed by atoms with Crippen molar-refractivity contribution in [2.24, 2.45) is 11.7 Å². The Morgan fingerprint density at radius 3 is 2.57 bits per heavy atom. The highest BCUT2D eigenvalue weighted by molar-refractivity contribution is 7.10. The van der Waals surface area contributed by atoms with Gasteiger partial charge in [-0.2, -0.15) is 5.26 Å². The molecule has 0 bridgehead atoms. The van der Waals surface area contributed by atoms with Gasteiger partial charge in [-0.3, -0.25) is 14.4 Å². The van der Waals surface area contributed by atoms with E-state index in [-0.39, 0.29) is 23.6 Å². The summed E-state index contributed by atoms with van der Waals surface area (Å²) >= 11 is 1.45. The lowest BCUT2D eigenvalue weighted by atomic mass is 9.98. The lowest BCUT2D eigenvalue weighted by molar-refractivity contribution is -0.151. The number of hydrogen-bond donors (Lipinski definition) is 1. The fourth-order valence-electron chi connectivity index (χ4n) is 3.43. The number of carbonyl (C=O) groups is 3. The fraction of sp³-hybridized carbons (Fsp3) is 0.273. The minimum Gasteiger partial charge on any atom is -0.457 e. The molecule has 0 saturated carbocycles. The van der Waals surface area contributed by atoms with Crippen molar-refractivity contribution in [3.05, 3.63) is 63.5 Å². The van der Waals surface area contributed by atoms with Crippen molar-refractivity contribution in [3.63, 3.8) is 0 Å². The maximum atomic E-state index is 12.9. The lowest BCUT2D eigenvalue weighted by Gasteiger charge is -2.27. The van der Waals surface area contributed by atoms with Crippen LogP contribution in [0.2, 0.25) is 0 Å². The minimum absolute atomic E-state index is 0.0275. The number of anilines is 1. The number of benzene rings is 1. The summed E-state index contributed by atoms with van der Waals surface area (Å²) < 4.78 is 5.20. The molecule has 0 spiro atoms. The van der Waals surface area contributed by atoms with E-state index >= 15 is 0 Å². The highest BCUT2D eigenvalue weighted by Gasteiger charge is 2.46. The van der Waals surface area contributed by atoms with Crippen LogP contribution in [0.3, 0.4) is 0 Å². The number of ether oxygens (including phenoxy) is 1. The maximum Gasteiger partial charge on any atom is 0.312 e. The van der Waals surface area contributed by atoms with Crippen LogP contribution >= 0.6 is 11.3 Å². The summed E-state index contributed by atoms with van der Waals surface area (Å²) in [6.07, 6.45) is -0.0275. The normalized spacial score (nSPS) is 19.2. The molecule has 3 rings (SSSR count). The lowest BCUT2D eigenvalue weighted by Crippen LogP contribution is -2.31. The second kappa shape index (κ2) is 8.93. The van der Waals surface area contributed by atoms with Gasteiger partial charge in [-0.1, -0.05) is 23.8 Å². The number of carbonyl (C=O) groups excluding carboxylic acids is 3. The Bertz CT molecular complexity index is 1030. The Balaban J connectivity index is 1.85. The third-order valence-corrected chi connectivity index (χ3v) is 5.85. The van der Waals surface area contributed by atoms with Crippen molar-refractivity contribution in [3.8, 4) is 6.07 Å². The molecule has 0 radical (unpaired) electrons. The predicted molar refractivity (Wildman–Crippen MR) is 112 cm³/mol. The van der Waals surface area contributed by atoms with Gasteiger partial charge in [0.2, 0.25) is 11.7 Å². The molecule has 0 aliphatic carbocycles. The molecule has 154 valence electrons. The highest BCUT2D eigenvalue weighted by atomic mass is 32.1. The van der Waals surface area contributed by atoms with Crippen molar-refractivity contribution in [1.29, 1.82) is 5.26 Å². The van der Waals surface area contributed by atoms with Crippen LogP contribution < -0.4 is 10.6 Å². The summed E-state index contributed by atoms with van der Waals surface area (Å²) in [6.45, 7) is 2.79. The molecule has 1 amide bonds. The summed E-state index contributed by atoms with van der Waals surface area (Å²) in [5, 5.41) is 10.9. The van der Waals surface area contributed by atoms with Crippen molar-refractivity contribution in [1.82, 2.24) is 0 Å². The summed E-state index contributed by atoms with van der Waals surface area (Å²) in [5.41, 5.74) is 7.11. The van der Waals surface area contributed by atoms with Gasteiger partial charge in [0, 0.05) is 22.7 Å². The first-order valence-electron chi connectivity index (χ1n) is 9.32. The van der Waals surface area contributed by atoms with Crippen molar-refractivity contribution >= 4 is 34.7 Å². The number of nitrogens with zero attached hydrogens (tertiary/aromatic N) is 2. The first-order chi connectivity index (χ1) is 14.3. The maximum absolute atomic E-state index is 12.9. The molecule has 1 aliphatic heterocycles. The second-order valence-corrected chi connectivity index (χ2v) is 8.05. The predicted octanol–water partition coefficient (Wildman–Crippen LogP) is 3.02. The molecule has 2 atom stereocenters. The van der Waals surface area contributed by atoms with Crippen LogP contribution in [0.1, 0.15) is 29.8 Å². The van der Waals surface area contributed by atoms with E-state index in [4.69, 9.17) is 15.7 Å². The third kappa shape index (κ3) is 4.26. The van der Waals surface area contributed by atoms with Crippen LogP contribution in [-0.4, -0.2) is 24.3 Å². The molecular formula is C22H21N3O4S. The molecule has 2 heterocycles. The van der Waals surface area contributed by atoms with Crippen LogP contribution in [0.4, 0.5) is 5.69 Å². The van der Waals surface area contributed by atoms with Gasteiger partial charge in [-0.25, -0.2) is 0 Å². The van der Waals surface area contributed by atoms with Gasteiger partial charge in [-0.15, -0.1) is 11.3 Å². The van der Waals surface area contributed by atoms with Crippen LogP contribution in [0.25, 0.3) is 0 Å². The Kier molecular flexibility index (Phi) is 6.33. The van der Waals surface area contributed by atoms with E-state index in [9.17, 15) is 14.4 Å². The van der Waals surface area contributed by atoms with Crippen LogP contribution in [0, 0.1) is 24.2 Å². The number of rotatable bonds is 6. The molecule has 7 nitrogen and oxygen atoms in total. The zero-order chi connectivity index (χ0) is 21.8. The minimum atomic E-state index is -0.765. The molecular weight excluding hydrogens is 402 g/mol. The SMILES string of the molecule is C/C(N)=C(/C#N)C(=O)COC(=O)[C@@H]1CC(=O)N(c2ccc(C)cc2)[C@@H]1c1cccs1. The number of aryl methyl sites for hydroxylation is 1. The molecule has 2 N–H and O–H groups in total. The molecule has 1 saturated heterocycles. The van der Waals surface area contributed by atoms with Crippen molar-refractivity contribution < 1.29 is 19.1 Å². The second-order valence-electron chi connectivity index (χ2n) is 7.07. The van der Waals surface area contributed by atoms with Gasteiger partial charge in [0.25, 0.3) is 0 Å². The summed E-state index contributed by atoms with van der Waals surface area (Å²) in [4.78, 5) is 40.3. The van der Waals surface area contributed by atoms with E-state index in [0.29, 0.717) is 5.69 Å². The monoisotopic (exact) mass is 423 g/mol. The summed E-state index contributed by atoms with van der Waals surface area (Å²) in [6, 6.07) is 12.4. The van der Waals surface area contributed by atoms with E-state index < -0.39 is 30.3 Å². The molecule has 2 aromatic rings. The highest BCUT2D eigenvalue weighted by Crippen LogP contribution is 2.43. The van der Waals surface area contributed by atoms with Crippen LogP contribution in [0.5, 0.6) is 0 Å². The summed E-state index contributed by atoms with van der Waals surface area (Å²) in [7, 11) is 0. The largest absolute Gasteiger partial charge is 0.457 e. The van der Waals surface area contributed by atoms with Gasteiger partial charge in [0.15, 0.2) is 6.61 Å². The molecule has 1 aromatic heterocycles. The molecule has 1 aliphatic rings. The molecule has 1 fully saturated rings. The first kappa shape index (κ1) is 21.3. The number of allylic oxidation sites excluding steroid dienone is 1. The number of thiophene rings is 1. The van der Waals surface area contributed by atoms with Gasteiger partial charge < -0.3 is 15.4 Å². The Morgan fingerprint density at radius 1 is 1.30 bits per heavy atom. The number of nitriles is 1. The number of amides is 1. The third-order valence-electron chi connectivity index (χ3n) is 4.90. The first-order valence-corrected chi connectivity index (χ1v) is 10.2. The zero-order valence-corrected chi connectivity index (χ0v) is 17.4. The van der Waals surface area contributed by atoms with Crippen LogP contribution in [0.15, 0.2) is 53.0 Å². The molecule has 30 heavy (non-hydrogen) atoms. The van der Waals surface area contributed by atoms with E-state index in [2.05, 4.69) is 0 Å². The Labute approximate surface area is 178 Å². The van der Waals surface area contributed by atoms with Crippen molar-refractivity contribution in [2.75, 3.05) is 11.5 Å². The number of Topliss-reactive ketones (excluding diaryl/α,β-unsaturated/α-hetero) is 1. The Morgan fingerprint density at radius 2 is 2.00 bits per heavy atom. The Hall–Kier alpha value is -3.44. The molecule has 0 unspecified atom stereocenters. The van der Waals surface area contributed by atoms with Gasteiger partial charge in [0.1, 0.15) is 11.6 Å². The van der Waals surface area contributed by atoms with Gasteiger partial charge >= 0.3 is 5.97 Å². The number of esters is 1. The fourth-order valence-corrected chi connectivity index (χ4v) is 4.31. The topological polar surface area (TPSA) is 113 Å². The standard InChI is InChI=1S/C22H21N3O4S/c1-13-5-7-15(8-6-13)25-20(27)10-16(21(25)19-4-3-9-30-19)22(28)29-12-18(26)17(11-23)14(2)24/h3-9,16,21H,10,12,24H2,1-2H3/b17-14+/t16-,21+/m1/s1. The van der Waals surface area contributed by atoms with E-state index in [1.807, 2.05) is 48.7 Å². The smallest absolute Gasteiger partial charge is 0.312 e. The number of ketones is 1. The average Bonchev–Trinajstić information content (AvgIpc) is 3.34. The molecule has 8 heteroatoms. The number of nitrogens with two attached hydrogens (primary N) is 1. The van der Waals surface area contributed by atoms with Crippen LogP contribution in [-0.2, 0) is 19.1 Å². The van der Waals surface area contributed by atoms with E-state index in [0.717, 1.165) is 10.4 Å². The van der Waals surface area contributed by atoms with Gasteiger partial charge in [-0.05, 0) is 37.4 Å². The van der Waals surface area contributed by atoms with E-state index in [1.165, 1.54) is 18.3 Å². The summed E-state index contributed by atoms with van der Waals surface area (Å²) in [5.74, 6) is -2.28. The average molecular weight is 423 g/mol. The van der Waals surface area contributed by atoms with Crippen molar-refractivity contribution in [2.45, 2.75) is 26.3 Å². The quantitative estimate of drug-likeness (QED) is 0.434.